The van der Waals surface area contributed by atoms with E-state index in [9.17, 15) is 0 Å². The fourth-order valence-corrected chi connectivity index (χ4v) is 0.539. The van der Waals surface area contributed by atoms with Crippen molar-refractivity contribution in [2.75, 3.05) is 0 Å². The van der Waals surface area contributed by atoms with E-state index in [0.29, 0.717) is 5.92 Å². The first-order valence-corrected chi connectivity index (χ1v) is 2.55. The molecule has 1 aliphatic heterocycles. The van der Waals surface area contributed by atoms with Crippen molar-refractivity contribution in [3.05, 3.63) is 37.3 Å². The molecular weight excluding hydrogens is 100 g/mol. The third-order valence-corrected chi connectivity index (χ3v) is 1.03. The first kappa shape index (κ1) is 5.16. The third-order valence-electron chi connectivity index (χ3n) is 1.03. The summed E-state index contributed by atoms with van der Waals surface area (Å²) in [4.78, 5) is 0. The molecule has 8 heavy (non-hydrogen) atoms. The molecule has 0 saturated heterocycles. The summed E-state index contributed by atoms with van der Waals surface area (Å²) in [5.41, 5.74) is 0. The minimum atomic E-state index is 0.365. The summed E-state index contributed by atoms with van der Waals surface area (Å²) in [5, 5.41) is 0. The fourth-order valence-electron chi connectivity index (χ4n) is 0.539. The summed E-state index contributed by atoms with van der Waals surface area (Å²) in [7, 11) is 0. The second kappa shape index (κ2) is 2.36. The third kappa shape index (κ3) is 0.997. The van der Waals surface area contributed by atoms with Crippen molar-refractivity contribution >= 4 is 0 Å². The molecule has 0 radical (unpaired) electrons. The van der Waals surface area contributed by atoms with Crippen molar-refractivity contribution in [1.29, 1.82) is 0 Å². The van der Waals surface area contributed by atoms with Gasteiger partial charge in [-0.3, -0.25) is 0 Å². The average Bonchev–Trinajstić information content (AvgIpc) is 1.90. The zero-order valence-electron chi connectivity index (χ0n) is 4.58. The maximum Gasteiger partial charge on any atom is 0.0870 e. The summed E-state index contributed by atoms with van der Waals surface area (Å²) >= 11 is 0. The van der Waals surface area contributed by atoms with Crippen LogP contribution in [0.15, 0.2) is 37.3 Å². The lowest BCUT2D eigenvalue weighted by atomic mass is 10.1. The predicted octanol–water partition coefficient (Wildman–Crippen LogP) is 1.85. The molecule has 0 N–H and O–H groups in total. The first-order chi connectivity index (χ1) is 3.93. The van der Waals surface area contributed by atoms with E-state index in [4.69, 9.17) is 4.74 Å². The van der Waals surface area contributed by atoms with Crippen LogP contribution < -0.4 is 0 Å². The maximum atomic E-state index is 4.79. The van der Waals surface area contributed by atoms with E-state index < -0.39 is 0 Å². The van der Waals surface area contributed by atoms with E-state index >= 15 is 0 Å². The van der Waals surface area contributed by atoms with Crippen LogP contribution in [-0.2, 0) is 4.74 Å². The monoisotopic (exact) mass is 108 g/mol. The van der Waals surface area contributed by atoms with E-state index in [1.807, 2.05) is 18.2 Å². The molecule has 1 heterocycles. The van der Waals surface area contributed by atoms with E-state index in [1.165, 1.54) is 0 Å². The van der Waals surface area contributed by atoms with Crippen molar-refractivity contribution in [2.45, 2.75) is 0 Å². The lowest BCUT2D eigenvalue weighted by Gasteiger charge is -2.02. The van der Waals surface area contributed by atoms with Gasteiger partial charge in [0.25, 0.3) is 0 Å². The van der Waals surface area contributed by atoms with Gasteiger partial charge in [0.2, 0.25) is 0 Å². The number of ether oxygens (including phenoxy) is 1. The van der Waals surface area contributed by atoms with Gasteiger partial charge in [0.15, 0.2) is 0 Å². The molecular formula is C7H8O. The Morgan fingerprint density at radius 2 is 2.00 bits per heavy atom. The summed E-state index contributed by atoms with van der Waals surface area (Å²) in [6.45, 7) is 3.63. The maximum absolute atomic E-state index is 4.79. The topological polar surface area (TPSA) is 9.23 Å². The minimum Gasteiger partial charge on any atom is -0.473 e. The lowest BCUT2D eigenvalue weighted by molar-refractivity contribution is 0.388. The number of hydrogen-bond donors (Lipinski definition) is 0. The molecule has 1 aliphatic rings. The highest BCUT2D eigenvalue weighted by molar-refractivity contribution is 5.08. The molecule has 0 bridgehead atoms. The molecule has 0 aromatic rings. The molecule has 0 aliphatic carbocycles. The quantitative estimate of drug-likeness (QED) is 0.466. The molecule has 1 heteroatoms. The van der Waals surface area contributed by atoms with Gasteiger partial charge in [-0.15, -0.1) is 6.58 Å². The van der Waals surface area contributed by atoms with Crippen molar-refractivity contribution in [3.8, 4) is 0 Å². The first-order valence-electron chi connectivity index (χ1n) is 2.55. The second-order valence-electron chi connectivity index (χ2n) is 1.61. The van der Waals surface area contributed by atoms with Crippen LogP contribution in [0.1, 0.15) is 0 Å². The van der Waals surface area contributed by atoms with Crippen LogP contribution in [-0.4, -0.2) is 0 Å². The second-order valence-corrected chi connectivity index (χ2v) is 1.61. The summed E-state index contributed by atoms with van der Waals surface area (Å²) in [6, 6.07) is 0. The molecule has 42 valence electrons. The normalized spacial score (nSPS) is 18.0. The summed E-state index contributed by atoms with van der Waals surface area (Å²) < 4.78 is 4.79. The molecule has 0 spiro atoms. The van der Waals surface area contributed by atoms with Gasteiger partial charge >= 0.3 is 0 Å². The van der Waals surface area contributed by atoms with Crippen LogP contribution in [0.3, 0.4) is 0 Å². The van der Waals surface area contributed by atoms with Gasteiger partial charge in [0.1, 0.15) is 0 Å². The van der Waals surface area contributed by atoms with Gasteiger partial charge in [-0.1, -0.05) is 6.08 Å². The van der Waals surface area contributed by atoms with Crippen LogP contribution in [0, 0.1) is 5.92 Å². The zero-order chi connectivity index (χ0) is 5.82. The Morgan fingerprint density at radius 1 is 1.38 bits per heavy atom. The molecule has 1 rings (SSSR count). The smallest absolute Gasteiger partial charge is 0.0870 e. The van der Waals surface area contributed by atoms with Gasteiger partial charge < -0.3 is 4.74 Å². The highest BCUT2D eigenvalue weighted by atomic mass is 16.5. The van der Waals surface area contributed by atoms with Gasteiger partial charge in [0, 0.05) is 5.92 Å². The Morgan fingerprint density at radius 3 is 2.38 bits per heavy atom. The predicted molar refractivity (Wildman–Crippen MR) is 33.1 cm³/mol. The number of rotatable bonds is 1. The number of allylic oxidation sites excluding steroid dienone is 3. The van der Waals surface area contributed by atoms with Crippen LogP contribution >= 0.6 is 0 Å². The molecule has 1 nitrogen and oxygen atoms in total. The largest absolute Gasteiger partial charge is 0.473 e. The number of hydrogen-bond acceptors (Lipinski definition) is 1. The molecule has 0 fully saturated rings. The highest BCUT2D eigenvalue weighted by Gasteiger charge is 1.94. The zero-order valence-corrected chi connectivity index (χ0v) is 4.58. The molecule has 0 amide bonds. The Labute approximate surface area is 49.0 Å². The standard InChI is InChI=1S/C7H8O/c1-2-7-3-5-8-6-4-7/h2-7H,1H2. The summed E-state index contributed by atoms with van der Waals surface area (Å²) in [5.74, 6) is 0.365. The highest BCUT2D eigenvalue weighted by Crippen LogP contribution is 2.06. The molecule has 0 atom stereocenters. The van der Waals surface area contributed by atoms with E-state index in [0.717, 1.165) is 0 Å². The average molecular weight is 108 g/mol. The van der Waals surface area contributed by atoms with Gasteiger partial charge in [-0.2, -0.15) is 0 Å². The molecule has 0 unspecified atom stereocenters. The fraction of sp³-hybridized carbons (Fsp3) is 0.143. The lowest BCUT2D eigenvalue weighted by Crippen LogP contribution is -1.88. The van der Waals surface area contributed by atoms with Crippen LogP contribution in [0.2, 0.25) is 0 Å². The Hall–Kier alpha value is -0.980. The van der Waals surface area contributed by atoms with E-state index in [-0.39, 0.29) is 0 Å². The van der Waals surface area contributed by atoms with Crippen molar-refractivity contribution in [3.63, 3.8) is 0 Å². The van der Waals surface area contributed by atoms with Crippen LogP contribution in [0.4, 0.5) is 0 Å². The van der Waals surface area contributed by atoms with Crippen molar-refractivity contribution in [2.24, 2.45) is 5.92 Å². The van der Waals surface area contributed by atoms with E-state index in [1.54, 1.807) is 12.5 Å². The van der Waals surface area contributed by atoms with Gasteiger partial charge in [-0.25, -0.2) is 0 Å². The molecule has 0 saturated carbocycles. The van der Waals surface area contributed by atoms with Gasteiger partial charge in [-0.05, 0) is 12.2 Å². The van der Waals surface area contributed by atoms with Crippen molar-refractivity contribution in [1.82, 2.24) is 0 Å². The molecule has 0 aromatic heterocycles. The Bertz CT molecular complexity index is 121. The minimum absolute atomic E-state index is 0.365. The van der Waals surface area contributed by atoms with Crippen LogP contribution in [0.25, 0.3) is 0 Å². The van der Waals surface area contributed by atoms with E-state index in [2.05, 4.69) is 6.58 Å². The van der Waals surface area contributed by atoms with Crippen molar-refractivity contribution < 1.29 is 4.74 Å². The Kier molecular flexibility index (Phi) is 1.52. The van der Waals surface area contributed by atoms with Gasteiger partial charge in [0.05, 0.1) is 12.5 Å². The summed E-state index contributed by atoms with van der Waals surface area (Å²) in [6.07, 6.45) is 9.05. The Balaban J connectivity index is 2.54. The van der Waals surface area contributed by atoms with Crippen LogP contribution in [0.5, 0.6) is 0 Å². The SMILES string of the molecule is C=CC1C=COC=C1. The molecule has 0 aromatic carbocycles.